The van der Waals surface area contributed by atoms with Crippen LogP contribution in [0.2, 0.25) is 0 Å². The van der Waals surface area contributed by atoms with Gasteiger partial charge < -0.3 is 19.3 Å². The summed E-state index contributed by atoms with van der Waals surface area (Å²) >= 11 is 0. The van der Waals surface area contributed by atoms with Crippen molar-refractivity contribution in [2.24, 2.45) is 0 Å². The second-order valence-electron chi connectivity index (χ2n) is 4.43. The quantitative estimate of drug-likeness (QED) is 0.791. The van der Waals surface area contributed by atoms with Gasteiger partial charge in [0.05, 0.1) is 12.2 Å². The van der Waals surface area contributed by atoms with Crippen molar-refractivity contribution >= 4 is 13.4 Å². The fourth-order valence-corrected chi connectivity index (χ4v) is 2.22. The molecule has 0 aliphatic carbocycles. The maximum Gasteiger partial charge on any atom is 0.504 e. The van der Waals surface area contributed by atoms with Gasteiger partial charge in [0.1, 0.15) is 5.75 Å². The third-order valence-electron chi connectivity index (χ3n) is 2.85. The number of nitrogens with zero attached hydrogens (tertiary/aromatic N) is 1. The van der Waals surface area contributed by atoms with Crippen molar-refractivity contribution in [1.82, 2.24) is 0 Å². The SMILES string of the molecule is C[C@@H]1CN(c2ccc(OBO)cc2)C[C@H](C)O1. The summed E-state index contributed by atoms with van der Waals surface area (Å²) in [4.78, 5) is 2.31. The summed E-state index contributed by atoms with van der Waals surface area (Å²) in [6.45, 7) is 5.99. The zero-order chi connectivity index (χ0) is 12.3. The average molecular weight is 235 g/mol. The van der Waals surface area contributed by atoms with Crippen LogP contribution in [0.25, 0.3) is 0 Å². The highest BCUT2D eigenvalue weighted by molar-refractivity contribution is 6.17. The fourth-order valence-electron chi connectivity index (χ4n) is 2.22. The summed E-state index contributed by atoms with van der Waals surface area (Å²) in [6, 6.07) is 7.76. The molecule has 0 unspecified atom stereocenters. The van der Waals surface area contributed by atoms with E-state index in [4.69, 9.17) is 14.4 Å². The van der Waals surface area contributed by atoms with Crippen LogP contribution in [0.15, 0.2) is 24.3 Å². The van der Waals surface area contributed by atoms with Gasteiger partial charge in [0, 0.05) is 18.8 Å². The van der Waals surface area contributed by atoms with E-state index in [1.165, 1.54) is 0 Å². The number of hydrogen-bond acceptors (Lipinski definition) is 4. The maximum absolute atomic E-state index is 8.66. The first kappa shape index (κ1) is 12.3. The molecule has 92 valence electrons. The molecular weight excluding hydrogens is 217 g/mol. The second-order valence-corrected chi connectivity index (χ2v) is 4.43. The second kappa shape index (κ2) is 5.43. The molecule has 2 atom stereocenters. The van der Waals surface area contributed by atoms with Crippen molar-refractivity contribution in [3.8, 4) is 5.75 Å². The molecular formula is C12H18BNO3. The van der Waals surface area contributed by atoms with E-state index in [0.717, 1.165) is 18.8 Å². The Hall–Kier alpha value is -1.20. The standard InChI is InChI=1S/C12H18BNO3/c1-9-7-14(8-10(2)16-9)11-3-5-12(6-4-11)17-13-15/h3-6,9-10,13,15H,7-8H2,1-2H3/t9-,10+. The molecule has 5 heteroatoms. The summed E-state index contributed by atoms with van der Waals surface area (Å²) < 4.78 is 10.7. The monoisotopic (exact) mass is 235 g/mol. The van der Waals surface area contributed by atoms with Crippen LogP contribution in [0.3, 0.4) is 0 Å². The van der Waals surface area contributed by atoms with E-state index in [0.29, 0.717) is 5.75 Å². The van der Waals surface area contributed by atoms with Crippen molar-refractivity contribution in [2.75, 3.05) is 18.0 Å². The summed E-state index contributed by atoms with van der Waals surface area (Å²) in [5, 5.41) is 8.66. The summed E-state index contributed by atoms with van der Waals surface area (Å²) in [5.41, 5.74) is 1.16. The molecule has 1 aromatic rings. The van der Waals surface area contributed by atoms with Gasteiger partial charge in [0.25, 0.3) is 0 Å². The molecule has 0 amide bonds. The van der Waals surface area contributed by atoms with Crippen molar-refractivity contribution in [3.63, 3.8) is 0 Å². The van der Waals surface area contributed by atoms with Gasteiger partial charge in [-0.3, -0.25) is 0 Å². The Morgan fingerprint density at radius 1 is 1.24 bits per heavy atom. The van der Waals surface area contributed by atoms with Crippen LogP contribution in [0.1, 0.15) is 13.8 Å². The van der Waals surface area contributed by atoms with E-state index in [2.05, 4.69) is 18.7 Å². The highest BCUT2D eigenvalue weighted by Gasteiger charge is 2.22. The smallest absolute Gasteiger partial charge is 0.504 e. The first-order valence-electron chi connectivity index (χ1n) is 5.93. The highest BCUT2D eigenvalue weighted by atomic mass is 16.5. The predicted molar refractivity (Wildman–Crippen MR) is 68.7 cm³/mol. The van der Waals surface area contributed by atoms with Crippen molar-refractivity contribution < 1.29 is 14.4 Å². The third kappa shape index (κ3) is 3.14. The lowest BCUT2D eigenvalue weighted by molar-refractivity contribution is -0.00521. The van der Waals surface area contributed by atoms with Crippen LogP contribution in [0, 0.1) is 0 Å². The Labute approximate surface area is 102 Å². The molecule has 1 fully saturated rings. The lowest BCUT2D eigenvalue weighted by Gasteiger charge is -2.36. The molecule has 4 nitrogen and oxygen atoms in total. The van der Waals surface area contributed by atoms with Crippen LogP contribution in [0.4, 0.5) is 5.69 Å². The molecule has 1 heterocycles. The van der Waals surface area contributed by atoms with Gasteiger partial charge in [0.2, 0.25) is 0 Å². The molecule has 1 saturated heterocycles. The summed E-state index contributed by atoms with van der Waals surface area (Å²) in [5.74, 6) is 0.686. The van der Waals surface area contributed by atoms with Gasteiger partial charge in [0.15, 0.2) is 0 Å². The van der Waals surface area contributed by atoms with E-state index in [1.54, 1.807) is 0 Å². The Bertz CT molecular complexity index is 347. The number of morpholine rings is 1. The Morgan fingerprint density at radius 3 is 2.35 bits per heavy atom. The van der Waals surface area contributed by atoms with Gasteiger partial charge in [-0.15, -0.1) is 0 Å². The Balaban J connectivity index is 2.06. The normalized spacial score (nSPS) is 24.5. The molecule has 2 rings (SSSR count). The molecule has 1 aliphatic heterocycles. The molecule has 1 aliphatic rings. The van der Waals surface area contributed by atoms with E-state index < -0.39 is 0 Å². The number of benzene rings is 1. The van der Waals surface area contributed by atoms with E-state index in [-0.39, 0.29) is 19.9 Å². The Morgan fingerprint density at radius 2 is 1.82 bits per heavy atom. The van der Waals surface area contributed by atoms with Crippen molar-refractivity contribution in [2.45, 2.75) is 26.1 Å². The number of anilines is 1. The molecule has 0 aromatic heterocycles. The third-order valence-corrected chi connectivity index (χ3v) is 2.85. The van der Waals surface area contributed by atoms with Gasteiger partial charge in [-0.1, -0.05) is 0 Å². The molecule has 1 N–H and O–H groups in total. The lowest BCUT2D eigenvalue weighted by atomic mass is 10.2. The highest BCUT2D eigenvalue weighted by Crippen LogP contribution is 2.22. The summed E-state index contributed by atoms with van der Waals surface area (Å²) in [6.07, 6.45) is 0.513. The van der Waals surface area contributed by atoms with Crippen LogP contribution in [-0.4, -0.2) is 38.0 Å². The lowest BCUT2D eigenvalue weighted by Crippen LogP contribution is -2.45. The van der Waals surface area contributed by atoms with Crippen molar-refractivity contribution in [3.05, 3.63) is 24.3 Å². The molecule has 17 heavy (non-hydrogen) atoms. The van der Waals surface area contributed by atoms with Crippen LogP contribution in [-0.2, 0) is 4.74 Å². The van der Waals surface area contributed by atoms with Gasteiger partial charge in [-0.05, 0) is 38.1 Å². The molecule has 0 saturated carbocycles. The topological polar surface area (TPSA) is 41.9 Å². The van der Waals surface area contributed by atoms with Gasteiger partial charge >= 0.3 is 7.69 Å². The maximum atomic E-state index is 8.66. The van der Waals surface area contributed by atoms with Crippen LogP contribution in [0.5, 0.6) is 5.75 Å². The van der Waals surface area contributed by atoms with E-state index >= 15 is 0 Å². The first-order valence-corrected chi connectivity index (χ1v) is 5.93. The minimum Gasteiger partial charge on any atom is -0.539 e. The largest absolute Gasteiger partial charge is 0.539 e. The molecule has 0 radical (unpaired) electrons. The van der Waals surface area contributed by atoms with Gasteiger partial charge in [-0.25, -0.2) is 0 Å². The van der Waals surface area contributed by atoms with E-state index in [1.807, 2.05) is 24.3 Å². The van der Waals surface area contributed by atoms with Gasteiger partial charge in [-0.2, -0.15) is 0 Å². The van der Waals surface area contributed by atoms with Crippen LogP contribution >= 0.6 is 0 Å². The van der Waals surface area contributed by atoms with Crippen LogP contribution < -0.4 is 9.55 Å². The zero-order valence-electron chi connectivity index (χ0n) is 10.3. The fraction of sp³-hybridized carbons (Fsp3) is 0.500. The predicted octanol–water partition coefficient (Wildman–Crippen LogP) is 0.938. The van der Waals surface area contributed by atoms with E-state index in [9.17, 15) is 0 Å². The number of ether oxygens (including phenoxy) is 1. The average Bonchev–Trinajstić information content (AvgIpc) is 2.29. The summed E-state index contributed by atoms with van der Waals surface area (Å²) in [7, 11) is -0.287. The van der Waals surface area contributed by atoms with Crippen molar-refractivity contribution in [1.29, 1.82) is 0 Å². The number of rotatable bonds is 3. The number of hydrogen-bond donors (Lipinski definition) is 1. The molecule has 0 spiro atoms. The molecule has 0 bridgehead atoms. The molecule has 1 aromatic carbocycles. The minimum absolute atomic E-state index is 0.257. The first-order chi connectivity index (χ1) is 8.19. The Kier molecular flexibility index (Phi) is 3.91. The minimum atomic E-state index is -0.287. The zero-order valence-corrected chi connectivity index (χ0v) is 10.3.